The molecule has 7 nitrogen and oxygen atoms in total. The second-order valence-electron chi connectivity index (χ2n) is 9.88. The van der Waals surface area contributed by atoms with Gasteiger partial charge in [0.05, 0.1) is 4.90 Å². The molecule has 1 atom stereocenters. The molecule has 0 bridgehead atoms. The van der Waals surface area contributed by atoms with Gasteiger partial charge in [0.15, 0.2) is 0 Å². The van der Waals surface area contributed by atoms with Crippen molar-refractivity contribution in [1.29, 1.82) is 0 Å². The van der Waals surface area contributed by atoms with Gasteiger partial charge in [0.1, 0.15) is 0 Å². The maximum absolute atomic E-state index is 13.0. The van der Waals surface area contributed by atoms with Crippen LogP contribution in [0.4, 0.5) is 5.69 Å². The SMILES string of the molecule is Cc1ccc(S(=O)(=O)N2CCC(C(=O)NCC(C)N3CCN(c4ccccc4)CC3)CC2)cc1C. The normalized spacial score (nSPS) is 19.5. The van der Waals surface area contributed by atoms with Crippen molar-refractivity contribution in [2.24, 2.45) is 5.92 Å². The fourth-order valence-corrected chi connectivity index (χ4v) is 6.52. The maximum atomic E-state index is 13.0. The lowest BCUT2D eigenvalue weighted by Crippen LogP contribution is -2.53. The standard InChI is InChI=1S/C27H38N4O3S/c1-21-9-10-26(19-22(21)2)35(33,34)31-13-11-24(12-14-31)27(32)28-20-23(3)29-15-17-30(18-16-29)25-7-5-4-6-8-25/h4-10,19,23-24H,11-18,20H2,1-3H3,(H,28,32). The number of nitrogens with one attached hydrogen (secondary N) is 1. The van der Waals surface area contributed by atoms with Crippen LogP contribution >= 0.6 is 0 Å². The van der Waals surface area contributed by atoms with Gasteiger partial charge in [-0.15, -0.1) is 0 Å². The largest absolute Gasteiger partial charge is 0.369 e. The van der Waals surface area contributed by atoms with Crippen LogP contribution in [0.1, 0.15) is 30.9 Å². The summed E-state index contributed by atoms with van der Waals surface area (Å²) >= 11 is 0. The van der Waals surface area contributed by atoms with E-state index < -0.39 is 10.0 Å². The minimum atomic E-state index is -3.52. The molecule has 0 saturated carbocycles. The van der Waals surface area contributed by atoms with Crippen molar-refractivity contribution in [3.05, 3.63) is 59.7 Å². The summed E-state index contributed by atoms with van der Waals surface area (Å²) in [4.78, 5) is 18.0. The van der Waals surface area contributed by atoms with Crippen LogP contribution < -0.4 is 10.2 Å². The summed E-state index contributed by atoms with van der Waals surface area (Å²) in [7, 11) is -3.52. The zero-order chi connectivity index (χ0) is 25.0. The van der Waals surface area contributed by atoms with Gasteiger partial charge in [-0.3, -0.25) is 9.69 Å². The molecule has 2 aromatic carbocycles. The number of piperidine rings is 1. The average Bonchev–Trinajstić information content (AvgIpc) is 2.89. The Morgan fingerprint density at radius 1 is 0.943 bits per heavy atom. The van der Waals surface area contributed by atoms with E-state index in [1.807, 2.05) is 26.0 Å². The molecule has 0 spiro atoms. The molecule has 35 heavy (non-hydrogen) atoms. The monoisotopic (exact) mass is 498 g/mol. The number of anilines is 1. The number of aryl methyl sites for hydroxylation is 2. The zero-order valence-electron chi connectivity index (χ0n) is 21.1. The second kappa shape index (κ2) is 11.1. The van der Waals surface area contributed by atoms with E-state index in [4.69, 9.17) is 0 Å². The molecule has 0 aliphatic carbocycles. The topological polar surface area (TPSA) is 73.0 Å². The molecule has 1 amide bonds. The first-order valence-corrected chi connectivity index (χ1v) is 14.1. The molecule has 0 aromatic heterocycles. The highest BCUT2D eigenvalue weighted by atomic mass is 32.2. The Morgan fingerprint density at radius 3 is 2.23 bits per heavy atom. The first kappa shape index (κ1) is 25.7. The van der Waals surface area contributed by atoms with Crippen molar-refractivity contribution in [2.75, 3.05) is 50.7 Å². The Bertz CT molecular complexity index is 1110. The quantitative estimate of drug-likeness (QED) is 0.635. The van der Waals surface area contributed by atoms with Crippen molar-refractivity contribution in [1.82, 2.24) is 14.5 Å². The molecular weight excluding hydrogens is 460 g/mol. The molecule has 1 N–H and O–H groups in total. The molecule has 0 radical (unpaired) electrons. The van der Waals surface area contributed by atoms with Gasteiger partial charge in [0.25, 0.3) is 0 Å². The van der Waals surface area contributed by atoms with Gasteiger partial charge in [-0.1, -0.05) is 24.3 Å². The van der Waals surface area contributed by atoms with Crippen LogP contribution in [0.2, 0.25) is 0 Å². The Balaban J connectivity index is 1.22. The van der Waals surface area contributed by atoms with Crippen LogP contribution in [-0.2, 0) is 14.8 Å². The predicted octanol–water partition coefficient (Wildman–Crippen LogP) is 3.03. The van der Waals surface area contributed by atoms with Crippen molar-refractivity contribution in [3.63, 3.8) is 0 Å². The van der Waals surface area contributed by atoms with Gasteiger partial charge in [-0.25, -0.2) is 8.42 Å². The number of carbonyl (C=O) groups is 1. The molecule has 2 aliphatic rings. The molecule has 2 fully saturated rings. The van der Waals surface area contributed by atoms with Gasteiger partial charge in [-0.2, -0.15) is 4.31 Å². The lowest BCUT2D eigenvalue weighted by atomic mass is 9.97. The van der Waals surface area contributed by atoms with E-state index in [1.165, 1.54) is 9.99 Å². The number of amides is 1. The number of hydrogen-bond donors (Lipinski definition) is 1. The van der Waals surface area contributed by atoms with Crippen LogP contribution in [0.15, 0.2) is 53.4 Å². The van der Waals surface area contributed by atoms with Gasteiger partial charge in [0.2, 0.25) is 15.9 Å². The highest BCUT2D eigenvalue weighted by Gasteiger charge is 2.32. The number of sulfonamides is 1. The van der Waals surface area contributed by atoms with E-state index in [1.54, 1.807) is 12.1 Å². The number of benzene rings is 2. The van der Waals surface area contributed by atoms with Crippen molar-refractivity contribution < 1.29 is 13.2 Å². The number of hydrogen-bond acceptors (Lipinski definition) is 5. The van der Waals surface area contributed by atoms with Crippen LogP contribution in [0, 0.1) is 19.8 Å². The fourth-order valence-electron chi connectivity index (χ4n) is 4.96. The molecule has 2 aromatic rings. The summed E-state index contributed by atoms with van der Waals surface area (Å²) < 4.78 is 27.6. The van der Waals surface area contributed by atoms with E-state index in [-0.39, 0.29) is 17.9 Å². The molecule has 8 heteroatoms. The number of nitrogens with zero attached hydrogens (tertiary/aromatic N) is 3. The summed E-state index contributed by atoms with van der Waals surface area (Å²) in [6, 6.07) is 16.0. The summed E-state index contributed by atoms with van der Waals surface area (Å²) in [5.74, 6) is -0.0914. The van der Waals surface area contributed by atoms with Crippen LogP contribution in [0.5, 0.6) is 0 Å². The Morgan fingerprint density at radius 2 is 1.60 bits per heavy atom. The van der Waals surface area contributed by atoms with E-state index in [0.717, 1.165) is 37.3 Å². The van der Waals surface area contributed by atoms with Crippen molar-refractivity contribution in [2.45, 2.75) is 44.6 Å². The van der Waals surface area contributed by atoms with Gasteiger partial charge in [-0.05, 0) is 69.0 Å². The fraction of sp³-hybridized carbons (Fsp3) is 0.519. The van der Waals surface area contributed by atoms with Gasteiger partial charge < -0.3 is 10.2 Å². The highest BCUT2D eigenvalue weighted by molar-refractivity contribution is 7.89. The smallest absolute Gasteiger partial charge is 0.243 e. The van der Waals surface area contributed by atoms with Crippen molar-refractivity contribution in [3.8, 4) is 0 Å². The van der Waals surface area contributed by atoms with E-state index in [9.17, 15) is 13.2 Å². The zero-order valence-corrected chi connectivity index (χ0v) is 21.9. The number of para-hydroxylation sites is 1. The summed E-state index contributed by atoms with van der Waals surface area (Å²) in [6.45, 7) is 11.3. The minimum Gasteiger partial charge on any atom is -0.369 e. The molecule has 190 valence electrons. The van der Waals surface area contributed by atoms with E-state index in [0.29, 0.717) is 37.4 Å². The molecule has 4 rings (SSSR count). The summed E-state index contributed by atoms with van der Waals surface area (Å²) in [5, 5.41) is 3.13. The highest BCUT2D eigenvalue weighted by Crippen LogP contribution is 2.25. The van der Waals surface area contributed by atoms with Crippen LogP contribution in [-0.4, -0.2) is 75.4 Å². The Hall–Kier alpha value is -2.42. The molecular formula is C27H38N4O3S. The van der Waals surface area contributed by atoms with Crippen LogP contribution in [0.25, 0.3) is 0 Å². The molecule has 1 unspecified atom stereocenters. The number of rotatable bonds is 7. The molecule has 2 saturated heterocycles. The lowest BCUT2D eigenvalue weighted by Gasteiger charge is -2.39. The van der Waals surface area contributed by atoms with Gasteiger partial charge >= 0.3 is 0 Å². The number of piperazine rings is 1. The third kappa shape index (κ3) is 6.05. The summed E-state index contributed by atoms with van der Waals surface area (Å²) in [6.07, 6.45) is 1.11. The lowest BCUT2D eigenvalue weighted by molar-refractivity contribution is -0.126. The second-order valence-corrected chi connectivity index (χ2v) is 11.8. The third-order valence-corrected chi connectivity index (χ3v) is 9.47. The maximum Gasteiger partial charge on any atom is 0.243 e. The number of carbonyl (C=O) groups excluding carboxylic acids is 1. The molecule has 2 heterocycles. The first-order valence-electron chi connectivity index (χ1n) is 12.6. The summed E-state index contributed by atoms with van der Waals surface area (Å²) in [5.41, 5.74) is 3.31. The van der Waals surface area contributed by atoms with Crippen molar-refractivity contribution >= 4 is 21.6 Å². The van der Waals surface area contributed by atoms with E-state index >= 15 is 0 Å². The molecule has 2 aliphatic heterocycles. The van der Waals surface area contributed by atoms with Crippen LogP contribution in [0.3, 0.4) is 0 Å². The first-order chi connectivity index (χ1) is 16.8. The average molecular weight is 499 g/mol. The predicted molar refractivity (Wildman–Crippen MR) is 140 cm³/mol. The Labute approximate surface area is 210 Å². The Kier molecular flexibility index (Phi) is 8.14. The third-order valence-electron chi connectivity index (χ3n) is 7.57. The van der Waals surface area contributed by atoms with E-state index in [2.05, 4.69) is 46.3 Å². The van der Waals surface area contributed by atoms with Gasteiger partial charge in [0, 0.05) is 63.5 Å². The minimum absolute atomic E-state index is 0.0444.